The van der Waals surface area contributed by atoms with Crippen LogP contribution in [0.25, 0.3) is 0 Å². The number of aryl methyl sites for hydroxylation is 1. The Labute approximate surface area is 98.8 Å². The molecule has 94 valence electrons. The van der Waals surface area contributed by atoms with Crippen LogP contribution in [0.2, 0.25) is 0 Å². The van der Waals surface area contributed by atoms with E-state index in [1.54, 1.807) is 13.8 Å². The van der Waals surface area contributed by atoms with E-state index in [-0.39, 0.29) is 12.1 Å². The zero-order valence-corrected chi connectivity index (χ0v) is 10.0. The molecule has 0 radical (unpaired) electrons. The number of hydrogen-bond acceptors (Lipinski definition) is 3. The molecule has 0 fully saturated rings. The molecule has 0 saturated carbocycles. The molecule has 0 aliphatic rings. The third-order valence-electron chi connectivity index (χ3n) is 2.38. The summed E-state index contributed by atoms with van der Waals surface area (Å²) in [5, 5.41) is 2.63. The molecule has 0 saturated heterocycles. The standard InChI is InChI=1S/C12H15F2NO2/c1-7-4-5-9(13)12(11(7)14)15-8(2)6-10(16)17-3/h4-5,8,15H,6H2,1-3H3. The molecular weight excluding hydrogens is 228 g/mol. The summed E-state index contributed by atoms with van der Waals surface area (Å²) in [6.45, 7) is 3.20. The Balaban J connectivity index is 2.81. The molecular formula is C12H15F2NO2. The monoisotopic (exact) mass is 243 g/mol. The van der Waals surface area contributed by atoms with Crippen LogP contribution < -0.4 is 5.32 Å². The number of nitrogens with one attached hydrogen (secondary N) is 1. The molecule has 0 heterocycles. The molecule has 1 aromatic rings. The Kier molecular flexibility index (Phi) is 4.43. The van der Waals surface area contributed by atoms with Crippen LogP contribution in [0.15, 0.2) is 12.1 Å². The Hall–Kier alpha value is -1.65. The molecule has 0 amide bonds. The van der Waals surface area contributed by atoms with Gasteiger partial charge in [-0.3, -0.25) is 4.79 Å². The lowest BCUT2D eigenvalue weighted by atomic mass is 10.1. The molecule has 3 nitrogen and oxygen atoms in total. The summed E-state index contributed by atoms with van der Waals surface area (Å²) in [6.07, 6.45) is 0.0450. The fourth-order valence-corrected chi connectivity index (χ4v) is 1.42. The third kappa shape index (κ3) is 3.41. The second kappa shape index (κ2) is 5.61. The van der Waals surface area contributed by atoms with Crippen LogP contribution >= 0.6 is 0 Å². The van der Waals surface area contributed by atoms with E-state index >= 15 is 0 Å². The first-order valence-electron chi connectivity index (χ1n) is 5.23. The number of carbonyl (C=O) groups excluding carboxylic acids is 1. The quantitative estimate of drug-likeness (QED) is 0.826. The first kappa shape index (κ1) is 13.4. The minimum absolute atomic E-state index is 0.0450. The molecule has 0 aliphatic carbocycles. The van der Waals surface area contributed by atoms with E-state index in [9.17, 15) is 13.6 Å². The van der Waals surface area contributed by atoms with Crippen LogP contribution in [0, 0.1) is 18.6 Å². The average molecular weight is 243 g/mol. The summed E-state index contributed by atoms with van der Waals surface area (Å²) in [5.74, 6) is -1.75. The van der Waals surface area contributed by atoms with Crippen molar-refractivity contribution in [1.29, 1.82) is 0 Å². The predicted octanol–water partition coefficient (Wildman–Crippen LogP) is 2.64. The van der Waals surface area contributed by atoms with E-state index in [1.807, 2.05) is 0 Å². The van der Waals surface area contributed by atoms with Gasteiger partial charge in [0, 0.05) is 6.04 Å². The highest BCUT2D eigenvalue weighted by molar-refractivity contribution is 5.70. The lowest BCUT2D eigenvalue weighted by Gasteiger charge is -2.16. The normalized spacial score (nSPS) is 12.1. The molecule has 0 bridgehead atoms. The minimum atomic E-state index is -0.676. The second-order valence-electron chi connectivity index (χ2n) is 3.88. The van der Waals surface area contributed by atoms with Crippen molar-refractivity contribution in [2.75, 3.05) is 12.4 Å². The van der Waals surface area contributed by atoms with Gasteiger partial charge in [-0.15, -0.1) is 0 Å². The van der Waals surface area contributed by atoms with Gasteiger partial charge in [0.1, 0.15) is 11.5 Å². The number of hydrogen-bond donors (Lipinski definition) is 1. The van der Waals surface area contributed by atoms with Crippen LogP contribution in [-0.4, -0.2) is 19.1 Å². The predicted molar refractivity (Wildman–Crippen MR) is 60.8 cm³/mol. The van der Waals surface area contributed by atoms with Crippen molar-refractivity contribution >= 4 is 11.7 Å². The molecule has 5 heteroatoms. The van der Waals surface area contributed by atoms with Crippen LogP contribution in [0.5, 0.6) is 0 Å². The van der Waals surface area contributed by atoms with E-state index in [2.05, 4.69) is 10.1 Å². The molecule has 0 aliphatic heterocycles. The van der Waals surface area contributed by atoms with Crippen molar-refractivity contribution in [3.05, 3.63) is 29.3 Å². The van der Waals surface area contributed by atoms with Gasteiger partial charge in [-0.05, 0) is 25.5 Å². The number of carbonyl (C=O) groups is 1. The molecule has 1 N–H and O–H groups in total. The maximum Gasteiger partial charge on any atom is 0.307 e. The molecule has 1 atom stereocenters. The Morgan fingerprint density at radius 1 is 1.47 bits per heavy atom. The zero-order valence-electron chi connectivity index (χ0n) is 10.0. The van der Waals surface area contributed by atoms with Crippen molar-refractivity contribution in [2.24, 2.45) is 0 Å². The second-order valence-corrected chi connectivity index (χ2v) is 3.88. The van der Waals surface area contributed by atoms with E-state index in [1.165, 1.54) is 19.2 Å². The van der Waals surface area contributed by atoms with Crippen molar-refractivity contribution < 1.29 is 18.3 Å². The number of anilines is 1. The number of halogens is 2. The first-order chi connectivity index (χ1) is 7.95. The van der Waals surface area contributed by atoms with E-state index in [0.717, 1.165) is 0 Å². The summed E-state index contributed by atoms with van der Waals surface area (Å²) in [4.78, 5) is 11.0. The smallest absolute Gasteiger partial charge is 0.307 e. The molecule has 1 rings (SSSR count). The fourth-order valence-electron chi connectivity index (χ4n) is 1.42. The van der Waals surface area contributed by atoms with Crippen molar-refractivity contribution in [3.8, 4) is 0 Å². The molecule has 17 heavy (non-hydrogen) atoms. The maximum absolute atomic E-state index is 13.6. The lowest BCUT2D eigenvalue weighted by Crippen LogP contribution is -2.21. The van der Waals surface area contributed by atoms with E-state index < -0.39 is 23.6 Å². The molecule has 0 spiro atoms. The number of esters is 1. The Bertz CT molecular complexity index is 421. The van der Waals surface area contributed by atoms with Gasteiger partial charge >= 0.3 is 5.97 Å². The van der Waals surface area contributed by atoms with Crippen LogP contribution in [0.4, 0.5) is 14.5 Å². The van der Waals surface area contributed by atoms with E-state index in [4.69, 9.17) is 0 Å². The zero-order chi connectivity index (χ0) is 13.0. The van der Waals surface area contributed by atoms with Gasteiger partial charge in [0.15, 0.2) is 5.82 Å². The van der Waals surface area contributed by atoms with Crippen LogP contribution in [0.1, 0.15) is 18.9 Å². The van der Waals surface area contributed by atoms with Gasteiger partial charge in [-0.2, -0.15) is 0 Å². The summed E-state index contributed by atoms with van der Waals surface area (Å²) in [5.41, 5.74) is 0.139. The van der Waals surface area contributed by atoms with Gasteiger partial charge < -0.3 is 10.1 Å². The van der Waals surface area contributed by atoms with E-state index in [0.29, 0.717) is 5.56 Å². The van der Waals surface area contributed by atoms with Crippen molar-refractivity contribution in [3.63, 3.8) is 0 Å². The summed E-state index contributed by atoms with van der Waals surface area (Å²) >= 11 is 0. The minimum Gasteiger partial charge on any atom is -0.469 e. The van der Waals surface area contributed by atoms with Gasteiger partial charge in [-0.1, -0.05) is 6.07 Å². The topological polar surface area (TPSA) is 38.3 Å². The SMILES string of the molecule is COC(=O)CC(C)Nc1c(F)ccc(C)c1F. The fraction of sp³-hybridized carbons (Fsp3) is 0.417. The summed E-state index contributed by atoms with van der Waals surface area (Å²) in [7, 11) is 1.27. The lowest BCUT2D eigenvalue weighted by molar-refractivity contribution is -0.140. The highest BCUT2D eigenvalue weighted by Crippen LogP contribution is 2.22. The van der Waals surface area contributed by atoms with Gasteiger partial charge in [0.25, 0.3) is 0 Å². The summed E-state index contributed by atoms with van der Waals surface area (Å²) < 4.78 is 31.5. The highest BCUT2D eigenvalue weighted by Gasteiger charge is 2.15. The number of benzene rings is 1. The maximum atomic E-state index is 13.6. The number of ether oxygens (including phenoxy) is 1. The van der Waals surface area contributed by atoms with Crippen molar-refractivity contribution in [1.82, 2.24) is 0 Å². The van der Waals surface area contributed by atoms with Crippen LogP contribution in [-0.2, 0) is 9.53 Å². The summed E-state index contributed by atoms with van der Waals surface area (Å²) in [6, 6.07) is 2.14. The number of methoxy groups -OCH3 is 1. The first-order valence-corrected chi connectivity index (χ1v) is 5.23. The molecule has 0 aromatic heterocycles. The molecule has 1 aromatic carbocycles. The number of rotatable bonds is 4. The van der Waals surface area contributed by atoms with Crippen LogP contribution in [0.3, 0.4) is 0 Å². The van der Waals surface area contributed by atoms with Crippen molar-refractivity contribution in [2.45, 2.75) is 26.3 Å². The highest BCUT2D eigenvalue weighted by atomic mass is 19.1. The third-order valence-corrected chi connectivity index (χ3v) is 2.38. The largest absolute Gasteiger partial charge is 0.469 e. The van der Waals surface area contributed by atoms with Gasteiger partial charge in [0.05, 0.1) is 13.5 Å². The Morgan fingerprint density at radius 2 is 2.12 bits per heavy atom. The Morgan fingerprint density at radius 3 is 2.71 bits per heavy atom. The van der Waals surface area contributed by atoms with Gasteiger partial charge in [-0.25, -0.2) is 8.78 Å². The molecule has 1 unspecified atom stereocenters. The van der Waals surface area contributed by atoms with Gasteiger partial charge in [0.2, 0.25) is 0 Å². The average Bonchev–Trinajstić information content (AvgIpc) is 2.29.